The molecule has 2 aromatic rings. The molecule has 0 amide bonds. The Morgan fingerprint density at radius 2 is 1.82 bits per heavy atom. The van der Waals surface area contributed by atoms with Crippen molar-refractivity contribution in [3.05, 3.63) is 53.9 Å². The van der Waals surface area contributed by atoms with E-state index in [2.05, 4.69) is 41.7 Å². The summed E-state index contributed by atoms with van der Waals surface area (Å²) in [5, 5.41) is 10.3. The van der Waals surface area contributed by atoms with Crippen LogP contribution in [-0.2, 0) is 13.1 Å². The smallest absolute Gasteiger partial charge is 0.161 e. The van der Waals surface area contributed by atoms with Crippen molar-refractivity contribution in [1.29, 1.82) is 0 Å². The average molecular weight is 388 g/mol. The number of hydrogen-bond donors (Lipinski definition) is 1. The van der Waals surface area contributed by atoms with Gasteiger partial charge in [-0.3, -0.25) is 9.88 Å². The third kappa shape index (κ3) is 7.11. The van der Waals surface area contributed by atoms with E-state index in [1.54, 1.807) is 13.3 Å². The van der Waals surface area contributed by atoms with Crippen molar-refractivity contribution >= 4 is 0 Å². The van der Waals surface area contributed by atoms with Crippen molar-refractivity contribution in [3.63, 3.8) is 0 Å². The van der Waals surface area contributed by atoms with E-state index < -0.39 is 6.10 Å². The molecule has 0 saturated carbocycles. The Morgan fingerprint density at radius 3 is 2.46 bits per heavy atom. The molecule has 1 heterocycles. The lowest BCUT2D eigenvalue weighted by Gasteiger charge is -2.22. The number of pyridine rings is 1. The molecule has 28 heavy (non-hydrogen) atoms. The van der Waals surface area contributed by atoms with Gasteiger partial charge in [0, 0.05) is 32.0 Å². The minimum Gasteiger partial charge on any atom is -0.493 e. The summed E-state index contributed by atoms with van der Waals surface area (Å²) in [7, 11) is 3.70. The van der Waals surface area contributed by atoms with Crippen molar-refractivity contribution in [2.45, 2.75) is 33.0 Å². The largest absolute Gasteiger partial charge is 0.493 e. The zero-order valence-corrected chi connectivity index (χ0v) is 17.5. The molecular weight excluding hydrogens is 354 g/mol. The van der Waals surface area contributed by atoms with Gasteiger partial charge in [0.15, 0.2) is 11.5 Å². The fraction of sp³-hybridized carbons (Fsp3) is 0.500. The summed E-state index contributed by atoms with van der Waals surface area (Å²) in [5.74, 6) is 1.34. The fourth-order valence-electron chi connectivity index (χ4n) is 3.12. The highest BCUT2D eigenvalue weighted by atomic mass is 16.5. The lowest BCUT2D eigenvalue weighted by atomic mass is 10.1. The summed E-state index contributed by atoms with van der Waals surface area (Å²) in [6.07, 6.45) is 3.13. The molecule has 1 aromatic heterocycles. The second kappa shape index (κ2) is 11.6. The number of aliphatic hydroxyl groups excluding tert-OH is 1. The number of hydrogen-bond acceptors (Lipinski definition) is 6. The number of aliphatic hydroxyl groups is 1. The van der Waals surface area contributed by atoms with Crippen LogP contribution in [0, 0.1) is 0 Å². The van der Waals surface area contributed by atoms with Gasteiger partial charge < -0.3 is 19.5 Å². The Morgan fingerprint density at radius 1 is 1.07 bits per heavy atom. The highest BCUT2D eigenvalue weighted by molar-refractivity contribution is 5.43. The van der Waals surface area contributed by atoms with Crippen molar-refractivity contribution in [3.8, 4) is 11.5 Å². The van der Waals surface area contributed by atoms with E-state index in [9.17, 15) is 5.11 Å². The zero-order valence-electron chi connectivity index (χ0n) is 17.5. The predicted molar refractivity (Wildman–Crippen MR) is 112 cm³/mol. The van der Waals surface area contributed by atoms with Gasteiger partial charge in [-0.1, -0.05) is 26.0 Å². The van der Waals surface area contributed by atoms with E-state index in [1.807, 2.05) is 30.5 Å². The second-order valence-electron chi connectivity index (χ2n) is 6.97. The van der Waals surface area contributed by atoms with Crippen LogP contribution < -0.4 is 9.47 Å². The number of nitrogens with zero attached hydrogens (tertiary/aromatic N) is 3. The van der Waals surface area contributed by atoms with Gasteiger partial charge in [-0.2, -0.15) is 0 Å². The monoisotopic (exact) mass is 387 g/mol. The summed E-state index contributed by atoms with van der Waals surface area (Å²) in [5.41, 5.74) is 2.30. The van der Waals surface area contributed by atoms with E-state index in [1.165, 1.54) is 5.56 Å². The summed E-state index contributed by atoms with van der Waals surface area (Å²) in [4.78, 5) is 8.56. The number of methoxy groups -OCH3 is 1. The molecule has 6 heteroatoms. The molecule has 2 rings (SSSR count). The topological polar surface area (TPSA) is 58.1 Å². The molecule has 0 aliphatic heterocycles. The maximum atomic E-state index is 10.3. The Balaban J connectivity index is 1.96. The van der Waals surface area contributed by atoms with E-state index in [0.717, 1.165) is 31.7 Å². The van der Waals surface area contributed by atoms with Gasteiger partial charge in [0.2, 0.25) is 0 Å². The first kappa shape index (κ1) is 22.1. The molecule has 1 aromatic carbocycles. The van der Waals surface area contributed by atoms with Gasteiger partial charge in [0.05, 0.1) is 7.11 Å². The van der Waals surface area contributed by atoms with Gasteiger partial charge in [-0.15, -0.1) is 0 Å². The molecule has 0 saturated heterocycles. The van der Waals surface area contributed by atoms with Crippen LogP contribution >= 0.6 is 0 Å². The molecule has 1 atom stereocenters. The summed E-state index contributed by atoms with van der Waals surface area (Å²) >= 11 is 0. The number of aromatic nitrogens is 1. The maximum Gasteiger partial charge on any atom is 0.161 e. The molecule has 6 nitrogen and oxygen atoms in total. The first-order valence-corrected chi connectivity index (χ1v) is 9.83. The van der Waals surface area contributed by atoms with Gasteiger partial charge >= 0.3 is 0 Å². The van der Waals surface area contributed by atoms with E-state index in [0.29, 0.717) is 18.0 Å². The van der Waals surface area contributed by atoms with Crippen LogP contribution in [0.4, 0.5) is 0 Å². The summed E-state index contributed by atoms with van der Waals surface area (Å²) in [6.45, 7) is 8.43. The van der Waals surface area contributed by atoms with E-state index in [-0.39, 0.29) is 6.61 Å². The second-order valence-corrected chi connectivity index (χ2v) is 6.97. The van der Waals surface area contributed by atoms with Crippen LogP contribution in [0.3, 0.4) is 0 Å². The first-order chi connectivity index (χ1) is 13.5. The Bertz CT molecular complexity index is 693. The zero-order chi connectivity index (χ0) is 20.4. The van der Waals surface area contributed by atoms with Crippen LogP contribution in [0.1, 0.15) is 25.0 Å². The minimum absolute atomic E-state index is 0.238. The van der Waals surface area contributed by atoms with Crippen molar-refractivity contribution in [1.82, 2.24) is 14.8 Å². The normalized spacial score (nSPS) is 12.4. The molecule has 0 bridgehead atoms. The highest BCUT2D eigenvalue weighted by Crippen LogP contribution is 2.28. The van der Waals surface area contributed by atoms with E-state index >= 15 is 0 Å². The number of ether oxygens (including phenoxy) is 2. The molecule has 1 N–H and O–H groups in total. The standard InChI is InChI=1S/C22H33N3O3/c1-5-25(6-2)16-20(26)17-28-22-12-18(9-10-21(22)27-4)14-24(3)15-19-8-7-11-23-13-19/h7-13,20,26H,5-6,14-17H2,1-4H3. The first-order valence-electron chi connectivity index (χ1n) is 9.83. The number of rotatable bonds is 12. The minimum atomic E-state index is -0.540. The molecule has 0 radical (unpaired) electrons. The van der Waals surface area contributed by atoms with Gasteiger partial charge in [0.1, 0.15) is 12.7 Å². The maximum absolute atomic E-state index is 10.3. The van der Waals surface area contributed by atoms with Crippen molar-refractivity contribution in [2.24, 2.45) is 0 Å². The Labute approximate surface area is 168 Å². The molecule has 0 aliphatic carbocycles. The molecule has 154 valence electrons. The van der Waals surface area contributed by atoms with Gasteiger partial charge in [-0.25, -0.2) is 0 Å². The third-order valence-corrected chi connectivity index (χ3v) is 4.65. The van der Waals surface area contributed by atoms with Crippen molar-refractivity contribution in [2.75, 3.05) is 40.4 Å². The van der Waals surface area contributed by atoms with Crippen molar-refractivity contribution < 1.29 is 14.6 Å². The molecule has 0 spiro atoms. The summed E-state index contributed by atoms with van der Waals surface area (Å²) < 4.78 is 11.3. The molecular formula is C22H33N3O3. The summed E-state index contributed by atoms with van der Waals surface area (Å²) in [6, 6.07) is 9.97. The quantitative estimate of drug-likeness (QED) is 0.604. The SMILES string of the molecule is CCN(CC)CC(O)COc1cc(CN(C)Cc2cccnc2)ccc1OC. The van der Waals surface area contributed by atoms with Gasteiger partial charge in [-0.05, 0) is 49.5 Å². The molecule has 0 fully saturated rings. The van der Waals surface area contributed by atoms with Crippen LogP contribution in [0.25, 0.3) is 0 Å². The van der Waals surface area contributed by atoms with Crippen LogP contribution in [0.2, 0.25) is 0 Å². The van der Waals surface area contributed by atoms with E-state index in [4.69, 9.17) is 9.47 Å². The Hall–Kier alpha value is -2.15. The number of benzene rings is 1. The van der Waals surface area contributed by atoms with Crippen LogP contribution in [0.5, 0.6) is 11.5 Å². The Kier molecular flexibility index (Phi) is 9.20. The fourth-order valence-corrected chi connectivity index (χ4v) is 3.12. The van der Waals surface area contributed by atoms with Gasteiger partial charge in [0.25, 0.3) is 0 Å². The predicted octanol–water partition coefficient (Wildman–Crippen LogP) is 2.80. The highest BCUT2D eigenvalue weighted by Gasteiger charge is 2.13. The average Bonchev–Trinajstić information content (AvgIpc) is 2.71. The van der Waals surface area contributed by atoms with Crippen LogP contribution in [-0.4, -0.2) is 66.4 Å². The lowest BCUT2D eigenvalue weighted by Crippen LogP contribution is -2.35. The van der Waals surface area contributed by atoms with Crippen LogP contribution in [0.15, 0.2) is 42.7 Å². The molecule has 0 aliphatic rings. The third-order valence-electron chi connectivity index (χ3n) is 4.65. The number of likely N-dealkylation sites (N-methyl/N-ethyl adjacent to an activating group) is 1. The molecule has 1 unspecified atom stereocenters. The lowest BCUT2D eigenvalue weighted by molar-refractivity contribution is 0.0705.